The number of nitrogens with one attached hydrogen (secondary N) is 1. The van der Waals surface area contributed by atoms with Gasteiger partial charge in [0.15, 0.2) is 0 Å². The number of carbonyl (C=O) groups excluding carboxylic acids is 1. The van der Waals surface area contributed by atoms with Gasteiger partial charge in [-0.3, -0.25) is 4.79 Å². The standard InChI is InChI=1S/C12H11Br3F3NO/c1-11(5-13,6-14)19-10(20)7-2-3-9(15)8(4-7)12(16,17)18/h2-4H,5-6H2,1H3,(H,19,20). The molecule has 112 valence electrons. The van der Waals surface area contributed by atoms with Crippen molar-refractivity contribution in [1.82, 2.24) is 5.32 Å². The van der Waals surface area contributed by atoms with Gasteiger partial charge in [0.1, 0.15) is 0 Å². The summed E-state index contributed by atoms with van der Waals surface area (Å²) in [7, 11) is 0. The molecule has 0 unspecified atom stereocenters. The monoisotopic (exact) mass is 479 g/mol. The predicted octanol–water partition coefficient (Wildman–Crippen LogP) is 4.75. The van der Waals surface area contributed by atoms with Crippen LogP contribution in [0.1, 0.15) is 22.8 Å². The lowest BCUT2D eigenvalue weighted by Gasteiger charge is -2.26. The van der Waals surface area contributed by atoms with Crippen LogP contribution in [0.15, 0.2) is 22.7 Å². The van der Waals surface area contributed by atoms with E-state index in [-0.39, 0.29) is 10.0 Å². The molecule has 1 N–H and O–H groups in total. The molecule has 0 atom stereocenters. The first kappa shape index (κ1) is 18.0. The SMILES string of the molecule is CC(CBr)(CBr)NC(=O)c1ccc(Br)c(C(F)(F)F)c1. The van der Waals surface area contributed by atoms with E-state index in [1.807, 2.05) is 0 Å². The quantitative estimate of drug-likeness (QED) is 0.618. The minimum absolute atomic E-state index is 0.0337. The van der Waals surface area contributed by atoms with Gasteiger partial charge in [0.05, 0.1) is 11.1 Å². The number of halogens is 6. The zero-order chi connectivity index (χ0) is 15.6. The third-order valence-electron chi connectivity index (χ3n) is 2.54. The van der Waals surface area contributed by atoms with Crippen molar-refractivity contribution in [2.24, 2.45) is 0 Å². The molecule has 0 bridgehead atoms. The van der Waals surface area contributed by atoms with E-state index in [0.717, 1.165) is 6.07 Å². The molecule has 1 rings (SSSR count). The van der Waals surface area contributed by atoms with Gasteiger partial charge in [-0.25, -0.2) is 0 Å². The van der Waals surface area contributed by atoms with Gasteiger partial charge < -0.3 is 5.32 Å². The van der Waals surface area contributed by atoms with Gasteiger partial charge in [0.25, 0.3) is 5.91 Å². The first-order valence-electron chi connectivity index (χ1n) is 5.44. The molecule has 0 spiro atoms. The number of rotatable bonds is 4. The number of hydrogen-bond donors (Lipinski definition) is 1. The largest absolute Gasteiger partial charge is 0.417 e. The van der Waals surface area contributed by atoms with Crippen LogP contribution in [-0.2, 0) is 6.18 Å². The average molecular weight is 482 g/mol. The Morgan fingerprint density at radius 1 is 1.25 bits per heavy atom. The molecule has 0 aromatic heterocycles. The lowest BCUT2D eigenvalue weighted by molar-refractivity contribution is -0.138. The van der Waals surface area contributed by atoms with Crippen LogP contribution >= 0.6 is 47.8 Å². The summed E-state index contributed by atoms with van der Waals surface area (Å²) in [5.74, 6) is -0.551. The van der Waals surface area contributed by atoms with E-state index in [9.17, 15) is 18.0 Å². The summed E-state index contributed by atoms with van der Waals surface area (Å²) in [6, 6.07) is 3.40. The summed E-state index contributed by atoms with van der Waals surface area (Å²) < 4.78 is 38.3. The summed E-state index contributed by atoms with van der Waals surface area (Å²) in [6.45, 7) is 1.78. The van der Waals surface area contributed by atoms with Crippen molar-refractivity contribution in [3.05, 3.63) is 33.8 Å². The molecule has 0 aliphatic carbocycles. The maximum Gasteiger partial charge on any atom is 0.417 e. The van der Waals surface area contributed by atoms with Gasteiger partial charge in [-0.15, -0.1) is 0 Å². The Kier molecular flexibility index (Phi) is 6.10. The molecule has 0 radical (unpaired) electrons. The highest BCUT2D eigenvalue weighted by Crippen LogP contribution is 2.35. The average Bonchev–Trinajstić information content (AvgIpc) is 2.37. The number of benzene rings is 1. The number of alkyl halides is 5. The highest BCUT2D eigenvalue weighted by Gasteiger charge is 2.34. The molecule has 0 fully saturated rings. The molecule has 0 aliphatic heterocycles. The van der Waals surface area contributed by atoms with Crippen LogP contribution in [0.3, 0.4) is 0 Å². The molecule has 0 saturated carbocycles. The minimum atomic E-state index is -4.51. The highest BCUT2D eigenvalue weighted by atomic mass is 79.9. The van der Waals surface area contributed by atoms with E-state index >= 15 is 0 Å². The lowest BCUT2D eigenvalue weighted by atomic mass is 10.1. The Balaban J connectivity index is 3.07. The topological polar surface area (TPSA) is 29.1 Å². The fourth-order valence-electron chi connectivity index (χ4n) is 1.33. The van der Waals surface area contributed by atoms with E-state index in [0.29, 0.717) is 10.7 Å². The van der Waals surface area contributed by atoms with E-state index in [1.54, 1.807) is 6.92 Å². The Morgan fingerprint density at radius 3 is 2.25 bits per heavy atom. The molecular weight excluding hydrogens is 471 g/mol. The van der Waals surface area contributed by atoms with Crippen molar-refractivity contribution in [3.63, 3.8) is 0 Å². The molecule has 0 aliphatic rings. The molecule has 0 saturated heterocycles. The number of carbonyl (C=O) groups is 1. The summed E-state index contributed by atoms with van der Waals surface area (Å²) in [5, 5.41) is 3.64. The van der Waals surface area contributed by atoms with Crippen molar-refractivity contribution in [1.29, 1.82) is 0 Å². The molecular formula is C12H11Br3F3NO. The van der Waals surface area contributed by atoms with Crippen molar-refractivity contribution < 1.29 is 18.0 Å². The third-order valence-corrected chi connectivity index (χ3v) is 5.71. The number of amides is 1. The van der Waals surface area contributed by atoms with Crippen molar-refractivity contribution in [2.75, 3.05) is 10.7 Å². The van der Waals surface area contributed by atoms with Crippen LogP contribution < -0.4 is 5.32 Å². The van der Waals surface area contributed by atoms with Crippen LogP contribution in [0.25, 0.3) is 0 Å². The molecule has 20 heavy (non-hydrogen) atoms. The van der Waals surface area contributed by atoms with Gasteiger partial charge >= 0.3 is 6.18 Å². The highest BCUT2D eigenvalue weighted by molar-refractivity contribution is 9.10. The van der Waals surface area contributed by atoms with E-state index in [4.69, 9.17) is 0 Å². The Hall–Kier alpha value is -0.0800. The lowest BCUT2D eigenvalue weighted by Crippen LogP contribution is -2.49. The molecule has 1 aromatic carbocycles. The molecule has 8 heteroatoms. The molecule has 2 nitrogen and oxygen atoms in total. The normalized spacial score (nSPS) is 12.3. The van der Waals surface area contributed by atoms with Crippen molar-refractivity contribution in [2.45, 2.75) is 18.6 Å². The summed E-state index contributed by atoms with van der Waals surface area (Å²) in [6.07, 6.45) is -4.51. The molecule has 1 aromatic rings. The van der Waals surface area contributed by atoms with Gasteiger partial charge in [-0.1, -0.05) is 47.8 Å². The van der Waals surface area contributed by atoms with Crippen LogP contribution in [0.5, 0.6) is 0 Å². The third kappa shape index (κ3) is 4.46. The fraction of sp³-hybridized carbons (Fsp3) is 0.417. The maximum atomic E-state index is 12.8. The predicted molar refractivity (Wildman–Crippen MR) is 82.6 cm³/mol. The zero-order valence-electron chi connectivity index (χ0n) is 10.3. The van der Waals surface area contributed by atoms with Gasteiger partial charge in [-0.2, -0.15) is 13.2 Å². The first-order valence-corrected chi connectivity index (χ1v) is 8.48. The summed E-state index contributed by atoms with van der Waals surface area (Å²) in [4.78, 5) is 12.0. The number of hydrogen-bond acceptors (Lipinski definition) is 1. The van der Waals surface area contributed by atoms with Crippen molar-refractivity contribution in [3.8, 4) is 0 Å². The molecule has 1 amide bonds. The van der Waals surface area contributed by atoms with Crippen molar-refractivity contribution >= 4 is 53.7 Å². The zero-order valence-corrected chi connectivity index (χ0v) is 15.1. The maximum absolute atomic E-state index is 12.8. The smallest absolute Gasteiger partial charge is 0.345 e. The van der Waals surface area contributed by atoms with E-state index < -0.39 is 23.2 Å². The van der Waals surface area contributed by atoms with Gasteiger partial charge in [0.2, 0.25) is 0 Å². The second kappa shape index (κ2) is 6.79. The second-order valence-electron chi connectivity index (χ2n) is 4.47. The Bertz CT molecular complexity index is 501. The molecule has 0 heterocycles. The fourth-order valence-corrected chi connectivity index (χ4v) is 3.01. The van der Waals surface area contributed by atoms with Crippen LogP contribution in [0, 0.1) is 0 Å². The Labute approximate surface area is 139 Å². The van der Waals surface area contributed by atoms with Crippen LogP contribution in [0.2, 0.25) is 0 Å². The summed E-state index contributed by atoms with van der Waals surface area (Å²) in [5.41, 5.74) is -1.49. The second-order valence-corrected chi connectivity index (χ2v) is 6.45. The van der Waals surface area contributed by atoms with Crippen LogP contribution in [0.4, 0.5) is 13.2 Å². The van der Waals surface area contributed by atoms with E-state index in [2.05, 4.69) is 53.1 Å². The van der Waals surface area contributed by atoms with E-state index in [1.165, 1.54) is 12.1 Å². The minimum Gasteiger partial charge on any atom is -0.345 e. The first-order chi connectivity index (χ1) is 9.13. The van der Waals surface area contributed by atoms with Crippen LogP contribution in [-0.4, -0.2) is 22.1 Å². The Morgan fingerprint density at radius 2 is 1.80 bits per heavy atom. The van der Waals surface area contributed by atoms with Gasteiger partial charge in [0, 0.05) is 20.7 Å². The van der Waals surface area contributed by atoms with Gasteiger partial charge in [-0.05, 0) is 25.1 Å². The summed E-state index contributed by atoms with van der Waals surface area (Å²) >= 11 is 9.36.